The summed E-state index contributed by atoms with van der Waals surface area (Å²) in [6.07, 6.45) is 3.19. The summed E-state index contributed by atoms with van der Waals surface area (Å²) < 4.78 is 8.13. The van der Waals surface area contributed by atoms with Crippen LogP contribution in [0.3, 0.4) is 0 Å². The molecule has 2 aliphatic heterocycles. The molecule has 0 bridgehead atoms. The first kappa shape index (κ1) is 23.8. The number of aromatic carboxylic acids is 1. The van der Waals surface area contributed by atoms with Crippen LogP contribution in [0.2, 0.25) is 0 Å². The van der Waals surface area contributed by atoms with Gasteiger partial charge in [-0.2, -0.15) is 5.10 Å². The fraction of sp³-hybridized carbons (Fsp3) is 0.357. The summed E-state index contributed by atoms with van der Waals surface area (Å²) in [4.78, 5) is 39.3. The van der Waals surface area contributed by atoms with Gasteiger partial charge in [0.2, 0.25) is 0 Å². The van der Waals surface area contributed by atoms with Crippen LogP contribution in [0.5, 0.6) is 5.75 Å². The highest BCUT2D eigenvalue weighted by Gasteiger charge is 2.45. The zero-order chi connectivity index (χ0) is 25.7. The number of aromatic nitrogens is 2. The summed E-state index contributed by atoms with van der Waals surface area (Å²) in [5.41, 5.74) is 1.77. The smallest absolute Gasteiger partial charge is 0.335 e. The van der Waals surface area contributed by atoms with E-state index in [0.29, 0.717) is 42.9 Å². The van der Waals surface area contributed by atoms with Crippen molar-refractivity contribution in [1.29, 1.82) is 0 Å². The van der Waals surface area contributed by atoms with Gasteiger partial charge in [-0.05, 0) is 56.2 Å². The number of benzene rings is 2. The van der Waals surface area contributed by atoms with Crippen LogP contribution in [0.25, 0.3) is 11.1 Å². The number of rotatable bonds is 3. The number of ketones is 1. The zero-order valence-corrected chi connectivity index (χ0v) is 20.7. The molecule has 1 spiro atoms. The van der Waals surface area contributed by atoms with Gasteiger partial charge in [-0.3, -0.25) is 14.3 Å². The summed E-state index contributed by atoms with van der Waals surface area (Å²) in [6, 6.07) is 13.9. The summed E-state index contributed by atoms with van der Waals surface area (Å²) in [5, 5.41) is 13.7. The summed E-state index contributed by atoms with van der Waals surface area (Å²) in [6.45, 7) is 7.02. The van der Waals surface area contributed by atoms with E-state index in [2.05, 4.69) is 5.10 Å². The third-order valence-corrected chi connectivity index (χ3v) is 6.96. The van der Waals surface area contributed by atoms with Crippen LogP contribution < -0.4 is 4.74 Å². The van der Waals surface area contributed by atoms with E-state index in [9.17, 15) is 19.5 Å². The number of fused-ring (bicyclic) bond motifs is 1. The van der Waals surface area contributed by atoms with Crippen molar-refractivity contribution in [1.82, 2.24) is 14.7 Å². The number of nitrogens with zero attached hydrogens (tertiary/aromatic N) is 3. The predicted octanol–water partition coefficient (Wildman–Crippen LogP) is 4.64. The lowest BCUT2D eigenvalue weighted by molar-refractivity contribution is -0.00587. The summed E-state index contributed by atoms with van der Waals surface area (Å²) >= 11 is 0. The molecule has 0 saturated carbocycles. The van der Waals surface area contributed by atoms with Crippen LogP contribution in [0.1, 0.15) is 71.2 Å². The molecule has 0 radical (unpaired) electrons. The van der Waals surface area contributed by atoms with Crippen molar-refractivity contribution >= 4 is 17.7 Å². The Morgan fingerprint density at radius 3 is 2.22 bits per heavy atom. The molecule has 2 aliphatic rings. The average Bonchev–Trinajstić information content (AvgIpc) is 3.29. The Bertz CT molecular complexity index is 1360. The Balaban J connectivity index is 1.30. The van der Waals surface area contributed by atoms with Crippen LogP contribution in [0.15, 0.2) is 54.7 Å². The van der Waals surface area contributed by atoms with Crippen LogP contribution in [0.4, 0.5) is 0 Å². The number of piperidine rings is 1. The van der Waals surface area contributed by atoms with Gasteiger partial charge in [0.25, 0.3) is 5.91 Å². The molecule has 1 amide bonds. The molecular formula is C28H29N3O5. The van der Waals surface area contributed by atoms with Gasteiger partial charge in [-0.1, -0.05) is 24.3 Å². The van der Waals surface area contributed by atoms with Crippen LogP contribution in [0, 0.1) is 0 Å². The number of carboxylic acids is 1. The first-order valence-corrected chi connectivity index (χ1v) is 12.1. The highest BCUT2D eigenvalue weighted by atomic mass is 16.5. The van der Waals surface area contributed by atoms with Crippen molar-refractivity contribution in [2.45, 2.75) is 51.2 Å². The molecule has 3 heterocycles. The van der Waals surface area contributed by atoms with E-state index in [0.717, 1.165) is 11.1 Å². The Kier molecular flexibility index (Phi) is 5.70. The van der Waals surface area contributed by atoms with E-state index in [4.69, 9.17) is 4.74 Å². The van der Waals surface area contributed by atoms with Crippen molar-refractivity contribution in [3.63, 3.8) is 0 Å². The molecule has 2 aromatic carbocycles. The lowest BCUT2D eigenvalue weighted by Gasteiger charge is -2.43. The zero-order valence-electron chi connectivity index (χ0n) is 20.7. The minimum absolute atomic E-state index is 0.0182. The van der Waals surface area contributed by atoms with Crippen molar-refractivity contribution in [2.24, 2.45) is 0 Å². The highest BCUT2D eigenvalue weighted by molar-refractivity contribution is 5.99. The molecule has 3 aromatic rings. The third-order valence-electron chi connectivity index (χ3n) is 6.96. The number of likely N-dealkylation sites (tertiary alicyclic amines) is 1. The van der Waals surface area contributed by atoms with E-state index < -0.39 is 11.6 Å². The third kappa shape index (κ3) is 4.39. The van der Waals surface area contributed by atoms with Gasteiger partial charge in [0.05, 0.1) is 23.7 Å². The van der Waals surface area contributed by atoms with Gasteiger partial charge >= 0.3 is 5.97 Å². The van der Waals surface area contributed by atoms with E-state index in [1.165, 1.54) is 0 Å². The van der Waals surface area contributed by atoms with Crippen molar-refractivity contribution in [3.8, 4) is 16.9 Å². The number of carbonyl (C=O) groups is 3. The lowest BCUT2D eigenvalue weighted by Crippen LogP contribution is -2.52. The van der Waals surface area contributed by atoms with E-state index in [1.54, 1.807) is 52.2 Å². The van der Waals surface area contributed by atoms with Crippen LogP contribution >= 0.6 is 0 Å². The van der Waals surface area contributed by atoms with Crippen LogP contribution in [-0.4, -0.2) is 56.1 Å². The Morgan fingerprint density at radius 2 is 1.61 bits per heavy atom. The first-order valence-electron chi connectivity index (χ1n) is 12.1. The van der Waals surface area contributed by atoms with Gasteiger partial charge < -0.3 is 14.7 Å². The topological polar surface area (TPSA) is 102 Å². The van der Waals surface area contributed by atoms with Gasteiger partial charge in [-0.15, -0.1) is 0 Å². The molecule has 1 aromatic heterocycles. The molecule has 36 heavy (non-hydrogen) atoms. The monoisotopic (exact) mass is 487 g/mol. The number of Topliss-reactive ketones (excluding diaryl/α,β-unsaturated/α-hetero) is 1. The number of hydrogen-bond donors (Lipinski definition) is 1. The largest absolute Gasteiger partial charge is 0.483 e. The minimum atomic E-state index is -0.993. The maximum Gasteiger partial charge on any atom is 0.335 e. The number of ether oxygens (including phenoxy) is 1. The van der Waals surface area contributed by atoms with Gasteiger partial charge in [0.1, 0.15) is 5.60 Å². The lowest BCUT2D eigenvalue weighted by atomic mass is 9.83. The summed E-state index contributed by atoms with van der Waals surface area (Å²) in [5.74, 6) is -0.579. The maximum absolute atomic E-state index is 13.3. The predicted molar refractivity (Wildman–Crippen MR) is 134 cm³/mol. The molecule has 1 fully saturated rings. The number of hydrogen-bond acceptors (Lipinski definition) is 5. The summed E-state index contributed by atoms with van der Waals surface area (Å²) in [7, 11) is 0. The SMILES string of the molecule is CC(C)(C)n1cc2c(n1)C(=O)CC1(CCN(C(=O)c3cccc(-c4cccc(C(=O)O)c4)c3)CC1)O2. The molecule has 0 atom stereocenters. The minimum Gasteiger partial charge on any atom is -0.483 e. The Morgan fingerprint density at radius 1 is 1.00 bits per heavy atom. The first-order chi connectivity index (χ1) is 17.0. The number of amides is 1. The number of carbonyl (C=O) groups excluding carboxylic acids is 2. The van der Waals surface area contributed by atoms with Crippen molar-refractivity contribution in [3.05, 3.63) is 71.5 Å². The van der Waals surface area contributed by atoms with Gasteiger partial charge in [0.15, 0.2) is 17.2 Å². The van der Waals surface area contributed by atoms with Crippen LogP contribution in [-0.2, 0) is 5.54 Å². The van der Waals surface area contributed by atoms with E-state index >= 15 is 0 Å². The molecule has 5 rings (SSSR count). The fourth-order valence-corrected chi connectivity index (χ4v) is 4.86. The molecule has 1 saturated heterocycles. The fourth-order valence-electron chi connectivity index (χ4n) is 4.86. The standard InChI is InChI=1S/C28H29N3O5/c1-27(2,3)31-17-23-24(29-31)22(32)16-28(36-23)10-12-30(13-11-28)25(33)20-8-4-6-18(14-20)19-7-5-9-21(15-19)26(34)35/h4-9,14-15,17H,10-13,16H2,1-3H3,(H,34,35). The highest BCUT2D eigenvalue weighted by Crippen LogP contribution is 2.40. The average molecular weight is 488 g/mol. The second-order valence-corrected chi connectivity index (χ2v) is 10.6. The molecule has 8 heteroatoms. The number of carboxylic acid groups (broad SMARTS) is 1. The molecule has 1 N–H and O–H groups in total. The molecule has 0 aliphatic carbocycles. The van der Waals surface area contributed by atoms with E-state index in [-0.39, 0.29) is 29.2 Å². The molecule has 186 valence electrons. The van der Waals surface area contributed by atoms with Crippen molar-refractivity contribution < 1.29 is 24.2 Å². The second kappa shape index (κ2) is 8.62. The normalized spacial score (nSPS) is 17.0. The second-order valence-electron chi connectivity index (χ2n) is 10.6. The Labute approximate surface area is 209 Å². The van der Waals surface area contributed by atoms with Gasteiger partial charge in [0, 0.05) is 31.5 Å². The van der Waals surface area contributed by atoms with Gasteiger partial charge in [-0.25, -0.2) is 4.79 Å². The van der Waals surface area contributed by atoms with Crippen molar-refractivity contribution in [2.75, 3.05) is 13.1 Å². The van der Waals surface area contributed by atoms with E-state index in [1.807, 2.05) is 32.9 Å². The molecule has 8 nitrogen and oxygen atoms in total. The quantitative estimate of drug-likeness (QED) is 0.577. The molecule has 0 unspecified atom stereocenters. The Hall–Kier alpha value is -3.94. The maximum atomic E-state index is 13.3. The molecular weight excluding hydrogens is 458 g/mol.